The van der Waals surface area contributed by atoms with Gasteiger partial charge in [-0.3, -0.25) is 9.59 Å². The van der Waals surface area contributed by atoms with Gasteiger partial charge in [-0.2, -0.15) is 0 Å². The zero-order valence-electron chi connectivity index (χ0n) is 13.1. The second-order valence-electron chi connectivity index (χ2n) is 5.52. The quantitative estimate of drug-likeness (QED) is 0.914. The van der Waals surface area contributed by atoms with Crippen molar-refractivity contribution in [1.29, 1.82) is 0 Å². The van der Waals surface area contributed by atoms with Crippen LogP contribution in [0.15, 0.2) is 48.5 Å². The van der Waals surface area contributed by atoms with Crippen LogP contribution in [0.25, 0.3) is 0 Å². The van der Waals surface area contributed by atoms with Gasteiger partial charge in [0, 0.05) is 18.7 Å². The maximum Gasteiger partial charge on any atom is 0.308 e. The normalized spacial score (nSPS) is 17.0. The van der Waals surface area contributed by atoms with Crippen LogP contribution in [0.1, 0.15) is 6.42 Å². The summed E-state index contributed by atoms with van der Waals surface area (Å²) in [6, 6.07) is 14.2. The van der Waals surface area contributed by atoms with Gasteiger partial charge in [0.1, 0.15) is 17.2 Å². The van der Waals surface area contributed by atoms with Crippen LogP contribution in [0, 0.1) is 5.92 Å². The van der Waals surface area contributed by atoms with Crippen molar-refractivity contribution in [2.45, 2.75) is 6.42 Å². The maximum atomic E-state index is 11.9. The van der Waals surface area contributed by atoms with Gasteiger partial charge < -0.3 is 19.5 Å². The Kier molecular flexibility index (Phi) is 4.37. The second-order valence-corrected chi connectivity index (χ2v) is 5.52. The van der Waals surface area contributed by atoms with Gasteiger partial charge in [0.15, 0.2) is 0 Å². The number of benzene rings is 2. The molecular formula is C18H17NO5. The number of rotatable bonds is 5. The summed E-state index contributed by atoms with van der Waals surface area (Å²) >= 11 is 0. The van der Waals surface area contributed by atoms with Gasteiger partial charge in [-0.15, -0.1) is 0 Å². The molecule has 3 rings (SSSR count). The van der Waals surface area contributed by atoms with E-state index in [4.69, 9.17) is 14.6 Å². The number of nitrogens with zero attached hydrogens (tertiary/aromatic N) is 1. The fourth-order valence-electron chi connectivity index (χ4n) is 2.60. The number of aliphatic carboxylic acids is 1. The molecule has 1 N–H and O–H groups in total. The summed E-state index contributed by atoms with van der Waals surface area (Å²) in [7, 11) is 1.60. The van der Waals surface area contributed by atoms with Gasteiger partial charge in [-0.25, -0.2) is 0 Å². The fourth-order valence-corrected chi connectivity index (χ4v) is 2.60. The fraction of sp³-hybridized carbons (Fsp3) is 0.222. The Morgan fingerprint density at radius 2 is 1.58 bits per heavy atom. The molecule has 0 aliphatic carbocycles. The highest BCUT2D eigenvalue weighted by molar-refractivity contribution is 5.99. The molecule has 0 saturated carbocycles. The first-order valence-electron chi connectivity index (χ1n) is 7.52. The minimum atomic E-state index is -0.940. The third kappa shape index (κ3) is 3.32. The molecule has 0 spiro atoms. The zero-order chi connectivity index (χ0) is 17.1. The van der Waals surface area contributed by atoms with E-state index in [9.17, 15) is 9.59 Å². The molecule has 1 amide bonds. The van der Waals surface area contributed by atoms with E-state index in [1.54, 1.807) is 55.6 Å². The molecule has 2 aromatic carbocycles. The van der Waals surface area contributed by atoms with Crippen LogP contribution < -0.4 is 14.4 Å². The van der Waals surface area contributed by atoms with Crippen molar-refractivity contribution < 1.29 is 24.2 Å². The predicted octanol–water partition coefficient (Wildman–Crippen LogP) is 2.93. The molecule has 0 radical (unpaired) electrons. The second kappa shape index (κ2) is 6.62. The Morgan fingerprint density at radius 1 is 1.04 bits per heavy atom. The number of amides is 1. The van der Waals surface area contributed by atoms with Crippen LogP contribution in [-0.2, 0) is 9.59 Å². The summed E-state index contributed by atoms with van der Waals surface area (Å²) in [6.07, 6.45) is 0.0411. The first-order chi connectivity index (χ1) is 11.6. The predicted molar refractivity (Wildman–Crippen MR) is 87.6 cm³/mol. The van der Waals surface area contributed by atoms with E-state index >= 15 is 0 Å². The molecule has 1 saturated heterocycles. The monoisotopic (exact) mass is 327 g/mol. The third-order valence-corrected chi connectivity index (χ3v) is 3.92. The van der Waals surface area contributed by atoms with Crippen LogP contribution in [-0.4, -0.2) is 30.6 Å². The molecule has 1 fully saturated rings. The van der Waals surface area contributed by atoms with E-state index in [1.807, 2.05) is 0 Å². The summed E-state index contributed by atoms with van der Waals surface area (Å²) < 4.78 is 10.8. The van der Waals surface area contributed by atoms with Crippen molar-refractivity contribution in [2.75, 3.05) is 18.6 Å². The highest BCUT2D eigenvalue weighted by Crippen LogP contribution is 2.29. The summed E-state index contributed by atoms with van der Waals surface area (Å²) in [5.41, 5.74) is 0.672. The van der Waals surface area contributed by atoms with Gasteiger partial charge in [0.25, 0.3) is 0 Å². The molecule has 2 aromatic rings. The molecule has 1 aliphatic heterocycles. The molecule has 6 heteroatoms. The SMILES string of the molecule is COc1ccc(Oc2ccc(N3C[C@H](C(=O)O)CC3=O)cc2)cc1. The van der Waals surface area contributed by atoms with Crippen LogP contribution in [0.3, 0.4) is 0 Å². The van der Waals surface area contributed by atoms with Crippen LogP contribution in [0.2, 0.25) is 0 Å². The average Bonchev–Trinajstić information content (AvgIpc) is 2.98. The van der Waals surface area contributed by atoms with Crippen LogP contribution in [0.4, 0.5) is 5.69 Å². The zero-order valence-corrected chi connectivity index (χ0v) is 13.1. The molecule has 6 nitrogen and oxygen atoms in total. The number of carbonyl (C=O) groups excluding carboxylic acids is 1. The number of ether oxygens (including phenoxy) is 2. The van der Waals surface area contributed by atoms with Crippen molar-refractivity contribution in [1.82, 2.24) is 0 Å². The molecule has 1 atom stereocenters. The lowest BCUT2D eigenvalue weighted by Crippen LogP contribution is -2.25. The molecule has 124 valence electrons. The molecule has 1 heterocycles. The Labute approximate surface area is 139 Å². The minimum absolute atomic E-state index is 0.0411. The molecule has 1 aliphatic rings. The average molecular weight is 327 g/mol. The standard InChI is InChI=1S/C18H17NO5/c1-23-14-6-8-16(9-7-14)24-15-4-2-13(3-5-15)19-11-12(18(21)22)10-17(19)20/h2-9,12H,10-11H2,1H3,(H,21,22)/t12-/m1/s1. The number of carboxylic acids is 1. The Morgan fingerprint density at radius 3 is 2.08 bits per heavy atom. The third-order valence-electron chi connectivity index (χ3n) is 3.92. The van der Waals surface area contributed by atoms with Gasteiger partial charge in [0.2, 0.25) is 5.91 Å². The van der Waals surface area contributed by atoms with Gasteiger partial charge in [0.05, 0.1) is 13.0 Å². The lowest BCUT2D eigenvalue weighted by atomic mass is 10.1. The Bertz CT molecular complexity index is 739. The van der Waals surface area contributed by atoms with Crippen molar-refractivity contribution in [3.63, 3.8) is 0 Å². The van der Waals surface area contributed by atoms with E-state index in [0.29, 0.717) is 17.2 Å². The van der Waals surface area contributed by atoms with E-state index in [2.05, 4.69) is 0 Å². The van der Waals surface area contributed by atoms with Crippen molar-refractivity contribution in [3.05, 3.63) is 48.5 Å². The van der Waals surface area contributed by atoms with Crippen LogP contribution in [0.5, 0.6) is 17.2 Å². The first kappa shape index (κ1) is 15.9. The van der Waals surface area contributed by atoms with E-state index in [1.165, 1.54) is 4.90 Å². The smallest absolute Gasteiger partial charge is 0.308 e. The maximum absolute atomic E-state index is 11.9. The largest absolute Gasteiger partial charge is 0.497 e. The topological polar surface area (TPSA) is 76.1 Å². The molecule has 24 heavy (non-hydrogen) atoms. The van der Waals surface area contributed by atoms with Gasteiger partial charge >= 0.3 is 5.97 Å². The number of anilines is 1. The number of carboxylic acid groups (broad SMARTS) is 1. The number of hydrogen-bond donors (Lipinski definition) is 1. The highest BCUT2D eigenvalue weighted by Gasteiger charge is 2.34. The number of carbonyl (C=O) groups is 2. The van der Waals surface area contributed by atoms with Crippen LogP contribution >= 0.6 is 0 Å². The molecule has 0 unspecified atom stereocenters. The van der Waals surface area contributed by atoms with Crippen molar-refractivity contribution in [3.8, 4) is 17.2 Å². The highest BCUT2D eigenvalue weighted by atomic mass is 16.5. The summed E-state index contributed by atoms with van der Waals surface area (Å²) in [4.78, 5) is 24.5. The summed E-state index contributed by atoms with van der Waals surface area (Å²) in [5.74, 6) is 0.291. The first-order valence-corrected chi connectivity index (χ1v) is 7.52. The van der Waals surface area contributed by atoms with E-state index in [-0.39, 0.29) is 18.9 Å². The Balaban J connectivity index is 1.69. The summed E-state index contributed by atoms with van der Waals surface area (Å²) in [5, 5.41) is 9.03. The molecule has 0 aromatic heterocycles. The Hall–Kier alpha value is -3.02. The number of methoxy groups -OCH3 is 1. The van der Waals surface area contributed by atoms with Gasteiger partial charge in [-0.1, -0.05) is 0 Å². The molecule has 0 bridgehead atoms. The lowest BCUT2D eigenvalue weighted by molar-refractivity contribution is -0.141. The number of hydrogen-bond acceptors (Lipinski definition) is 4. The lowest BCUT2D eigenvalue weighted by Gasteiger charge is -2.16. The van der Waals surface area contributed by atoms with Crippen molar-refractivity contribution in [2.24, 2.45) is 5.92 Å². The minimum Gasteiger partial charge on any atom is -0.497 e. The van der Waals surface area contributed by atoms with E-state index < -0.39 is 11.9 Å². The van der Waals surface area contributed by atoms with E-state index in [0.717, 1.165) is 5.75 Å². The molecular weight excluding hydrogens is 310 g/mol. The van der Waals surface area contributed by atoms with Crippen molar-refractivity contribution >= 4 is 17.6 Å². The van der Waals surface area contributed by atoms with Gasteiger partial charge in [-0.05, 0) is 48.5 Å². The summed E-state index contributed by atoms with van der Waals surface area (Å²) in [6.45, 7) is 0.201.